The van der Waals surface area contributed by atoms with Crippen LogP contribution >= 0.6 is 0 Å². The monoisotopic (exact) mass is 348 g/mol. The fraction of sp³-hybridized carbons (Fsp3) is 0.588. The number of furan rings is 1. The van der Waals surface area contributed by atoms with Crippen LogP contribution in [0, 0.1) is 0 Å². The highest BCUT2D eigenvalue weighted by Gasteiger charge is 2.33. The predicted octanol–water partition coefficient (Wildman–Crippen LogP) is -0.179. The highest BCUT2D eigenvalue weighted by atomic mass is 16.3. The van der Waals surface area contributed by atoms with E-state index < -0.39 is 11.9 Å². The largest absolute Gasteiger partial charge is 0.459 e. The van der Waals surface area contributed by atoms with Crippen molar-refractivity contribution in [2.45, 2.75) is 31.8 Å². The van der Waals surface area contributed by atoms with E-state index in [0.29, 0.717) is 26.2 Å². The number of nitrogens with one attached hydrogen (secondary N) is 2. The molecule has 0 radical (unpaired) electrons. The molecule has 2 atom stereocenters. The molecule has 8 heteroatoms. The molecule has 1 aromatic rings. The number of nitrogens with zero attached hydrogens (tertiary/aromatic N) is 2. The second-order valence-electron chi connectivity index (χ2n) is 6.52. The lowest BCUT2D eigenvalue weighted by Gasteiger charge is -2.41. The molecular formula is C17H24N4O4. The van der Waals surface area contributed by atoms with Gasteiger partial charge in [0.25, 0.3) is 5.91 Å². The van der Waals surface area contributed by atoms with Crippen molar-refractivity contribution in [1.29, 1.82) is 0 Å². The lowest BCUT2D eigenvalue weighted by atomic mass is 10.0. The fourth-order valence-electron chi connectivity index (χ4n) is 3.43. The summed E-state index contributed by atoms with van der Waals surface area (Å²) in [7, 11) is 0. The minimum Gasteiger partial charge on any atom is -0.459 e. The minimum atomic E-state index is -0.643. The molecule has 25 heavy (non-hydrogen) atoms. The van der Waals surface area contributed by atoms with Crippen molar-refractivity contribution in [3.05, 3.63) is 24.2 Å². The number of hydrogen-bond donors (Lipinski definition) is 2. The zero-order valence-electron chi connectivity index (χ0n) is 14.4. The van der Waals surface area contributed by atoms with Crippen molar-refractivity contribution in [3.63, 3.8) is 0 Å². The summed E-state index contributed by atoms with van der Waals surface area (Å²) in [4.78, 5) is 40.4. The van der Waals surface area contributed by atoms with Gasteiger partial charge in [-0.3, -0.25) is 14.4 Å². The van der Waals surface area contributed by atoms with E-state index in [-0.39, 0.29) is 23.6 Å². The molecule has 2 fully saturated rings. The molecule has 0 aromatic carbocycles. The van der Waals surface area contributed by atoms with E-state index in [9.17, 15) is 14.4 Å². The SMILES string of the molecule is CC(NC(=O)c1ccco1)C(=O)N1CCCC(N2CCNCC2=O)C1. The van der Waals surface area contributed by atoms with E-state index >= 15 is 0 Å². The summed E-state index contributed by atoms with van der Waals surface area (Å²) >= 11 is 0. The minimum absolute atomic E-state index is 0.0558. The van der Waals surface area contributed by atoms with E-state index in [4.69, 9.17) is 4.42 Å². The first-order valence-corrected chi connectivity index (χ1v) is 8.69. The molecule has 2 aliphatic heterocycles. The molecule has 3 heterocycles. The highest BCUT2D eigenvalue weighted by molar-refractivity contribution is 5.95. The molecule has 3 amide bonds. The first kappa shape index (κ1) is 17.5. The van der Waals surface area contributed by atoms with Crippen LogP contribution in [0.1, 0.15) is 30.3 Å². The van der Waals surface area contributed by atoms with Crippen LogP contribution in [0.25, 0.3) is 0 Å². The third-order valence-electron chi connectivity index (χ3n) is 4.74. The number of likely N-dealkylation sites (tertiary alicyclic amines) is 1. The summed E-state index contributed by atoms with van der Waals surface area (Å²) in [5.41, 5.74) is 0. The standard InChI is InChI=1S/C17H24N4O4/c1-12(19-16(23)14-5-3-9-25-14)17(24)20-7-2-4-13(11-20)21-8-6-18-10-15(21)22/h3,5,9,12-13,18H,2,4,6-8,10-11H2,1H3,(H,19,23). The third kappa shape index (κ3) is 4.01. The zero-order chi connectivity index (χ0) is 17.8. The Kier molecular flexibility index (Phi) is 5.37. The molecule has 2 unspecified atom stereocenters. The van der Waals surface area contributed by atoms with Crippen molar-refractivity contribution in [2.24, 2.45) is 0 Å². The Morgan fingerprint density at radius 1 is 1.40 bits per heavy atom. The summed E-state index contributed by atoms with van der Waals surface area (Å²) < 4.78 is 5.04. The molecule has 2 N–H and O–H groups in total. The number of piperazine rings is 1. The van der Waals surface area contributed by atoms with Gasteiger partial charge in [-0.05, 0) is 31.9 Å². The number of carbonyl (C=O) groups excluding carboxylic acids is 3. The van der Waals surface area contributed by atoms with Crippen LogP contribution in [0.4, 0.5) is 0 Å². The van der Waals surface area contributed by atoms with E-state index in [0.717, 1.165) is 19.4 Å². The molecule has 0 saturated carbocycles. The van der Waals surface area contributed by atoms with Crippen LogP contribution in [0.2, 0.25) is 0 Å². The topological polar surface area (TPSA) is 94.9 Å². The van der Waals surface area contributed by atoms with Crippen LogP contribution < -0.4 is 10.6 Å². The molecule has 0 bridgehead atoms. The summed E-state index contributed by atoms with van der Waals surface area (Å²) in [6.45, 7) is 4.66. The maximum absolute atomic E-state index is 12.7. The Bertz CT molecular complexity index is 631. The predicted molar refractivity (Wildman–Crippen MR) is 89.8 cm³/mol. The van der Waals surface area contributed by atoms with E-state index in [1.165, 1.54) is 6.26 Å². The van der Waals surface area contributed by atoms with Gasteiger partial charge in [-0.25, -0.2) is 0 Å². The summed E-state index contributed by atoms with van der Waals surface area (Å²) in [6, 6.07) is 2.59. The van der Waals surface area contributed by atoms with Gasteiger partial charge in [-0.2, -0.15) is 0 Å². The van der Waals surface area contributed by atoms with Crippen molar-refractivity contribution in [2.75, 3.05) is 32.7 Å². The maximum Gasteiger partial charge on any atom is 0.287 e. The van der Waals surface area contributed by atoms with Gasteiger partial charge in [0.2, 0.25) is 11.8 Å². The Morgan fingerprint density at radius 2 is 2.24 bits per heavy atom. The Hall–Kier alpha value is -2.35. The Morgan fingerprint density at radius 3 is 2.96 bits per heavy atom. The van der Waals surface area contributed by atoms with Crippen molar-refractivity contribution < 1.29 is 18.8 Å². The molecular weight excluding hydrogens is 324 g/mol. The average Bonchev–Trinajstić information content (AvgIpc) is 3.16. The quantitative estimate of drug-likeness (QED) is 0.787. The first-order chi connectivity index (χ1) is 12.1. The lowest BCUT2D eigenvalue weighted by Crippen LogP contribution is -2.59. The van der Waals surface area contributed by atoms with Gasteiger partial charge in [0.05, 0.1) is 12.8 Å². The normalized spacial score (nSPS) is 22.6. The van der Waals surface area contributed by atoms with Gasteiger partial charge in [-0.1, -0.05) is 0 Å². The number of piperidine rings is 1. The summed E-state index contributed by atoms with van der Waals surface area (Å²) in [5, 5.41) is 5.73. The number of carbonyl (C=O) groups is 3. The summed E-state index contributed by atoms with van der Waals surface area (Å²) in [6.07, 6.45) is 3.18. The lowest BCUT2D eigenvalue weighted by molar-refractivity contribution is -0.141. The van der Waals surface area contributed by atoms with Gasteiger partial charge in [0, 0.05) is 32.2 Å². The van der Waals surface area contributed by atoms with Crippen LogP contribution in [-0.4, -0.2) is 72.3 Å². The molecule has 0 spiro atoms. The number of rotatable bonds is 4. The van der Waals surface area contributed by atoms with Crippen molar-refractivity contribution in [3.8, 4) is 0 Å². The number of hydrogen-bond acceptors (Lipinski definition) is 5. The Balaban J connectivity index is 1.57. The first-order valence-electron chi connectivity index (χ1n) is 8.69. The van der Waals surface area contributed by atoms with E-state index in [1.54, 1.807) is 24.0 Å². The second-order valence-corrected chi connectivity index (χ2v) is 6.52. The fourth-order valence-corrected chi connectivity index (χ4v) is 3.43. The van der Waals surface area contributed by atoms with Gasteiger partial charge in [-0.15, -0.1) is 0 Å². The van der Waals surface area contributed by atoms with Crippen LogP contribution in [-0.2, 0) is 9.59 Å². The summed E-state index contributed by atoms with van der Waals surface area (Å²) in [5.74, 6) is -0.267. The van der Waals surface area contributed by atoms with Crippen LogP contribution in [0.3, 0.4) is 0 Å². The molecule has 2 saturated heterocycles. The molecule has 8 nitrogen and oxygen atoms in total. The van der Waals surface area contributed by atoms with Crippen LogP contribution in [0.15, 0.2) is 22.8 Å². The Labute approximate surface area is 146 Å². The molecule has 1 aromatic heterocycles. The third-order valence-corrected chi connectivity index (χ3v) is 4.74. The molecule has 3 rings (SSSR count). The smallest absolute Gasteiger partial charge is 0.287 e. The zero-order valence-corrected chi connectivity index (χ0v) is 14.4. The second kappa shape index (κ2) is 7.69. The van der Waals surface area contributed by atoms with Gasteiger partial charge in [0.15, 0.2) is 5.76 Å². The maximum atomic E-state index is 12.7. The number of amides is 3. The van der Waals surface area contributed by atoms with E-state index in [2.05, 4.69) is 10.6 Å². The molecule has 0 aliphatic carbocycles. The molecule has 2 aliphatic rings. The molecule has 136 valence electrons. The highest BCUT2D eigenvalue weighted by Crippen LogP contribution is 2.18. The van der Waals surface area contributed by atoms with Crippen molar-refractivity contribution >= 4 is 17.7 Å². The van der Waals surface area contributed by atoms with Crippen LogP contribution in [0.5, 0.6) is 0 Å². The van der Waals surface area contributed by atoms with Gasteiger partial charge in [0.1, 0.15) is 6.04 Å². The van der Waals surface area contributed by atoms with Gasteiger partial charge >= 0.3 is 0 Å². The van der Waals surface area contributed by atoms with Crippen molar-refractivity contribution in [1.82, 2.24) is 20.4 Å². The van der Waals surface area contributed by atoms with E-state index in [1.807, 2.05) is 4.90 Å². The average molecular weight is 348 g/mol. The van der Waals surface area contributed by atoms with Gasteiger partial charge < -0.3 is 24.9 Å².